The molecule has 0 aliphatic rings. The molecule has 2 heterocycles. The Labute approximate surface area is 164 Å². The Morgan fingerprint density at radius 1 is 1.26 bits per heavy atom. The smallest absolute Gasteiger partial charge is 0.337 e. The van der Waals surface area contributed by atoms with Crippen LogP contribution in [-0.2, 0) is 27.2 Å². The molecule has 0 saturated heterocycles. The van der Waals surface area contributed by atoms with Crippen LogP contribution in [-0.4, -0.2) is 36.8 Å². The molecule has 27 heavy (non-hydrogen) atoms. The van der Waals surface area contributed by atoms with Gasteiger partial charge in [-0.05, 0) is 36.6 Å². The third kappa shape index (κ3) is 4.71. The van der Waals surface area contributed by atoms with Crippen molar-refractivity contribution in [1.82, 2.24) is 4.57 Å². The van der Waals surface area contributed by atoms with Crippen molar-refractivity contribution in [3.63, 3.8) is 0 Å². The molecule has 3 rings (SSSR count). The number of amides is 1. The summed E-state index contributed by atoms with van der Waals surface area (Å²) in [5.41, 5.74) is 1.38. The summed E-state index contributed by atoms with van der Waals surface area (Å²) in [6.45, 7) is 3.66. The summed E-state index contributed by atoms with van der Waals surface area (Å²) in [6.07, 6.45) is 0.283. The number of hydrogen-bond acceptors (Lipinski definition) is 6. The van der Waals surface area contributed by atoms with Gasteiger partial charge in [0.05, 0.1) is 35.9 Å². The Morgan fingerprint density at radius 2 is 2.11 bits per heavy atom. The molecule has 0 aliphatic carbocycles. The Morgan fingerprint density at radius 3 is 2.81 bits per heavy atom. The number of fused-ring (bicyclic) bond motifs is 1. The van der Waals surface area contributed by atoms with Gasteiger partial charge in [-0.1, -0.05) is 17.4 Å². The van der Waals surface area contributed by atoms with Crippen LogP contribution in [0.4, 0.5) is 0 Å². The number of thiazole rings is 1. The Balaban J connectivity index is 2.00. The Hall–Kier alpha value is -2.29. The monoisotopic (exact) mass is 404 g/mol. The summed E-state index contributed by atoms with van der Waals surface area (Å²) in [7, 11) is 1.35. The Bertz CT molecular complexity index is 1000. The lowest BCUT2D eigenvalue weighted by Crippen LogP contribution is -2.20. The molecule has 2 aromatic heterocycles. The fourth-order valence-corrected chi connectivity index (χ4v) is 4.44. The van der Waals surface area contributed by atoms with Crippen LogP contribution in [0.25, 0.3) is 10.2 Å². The Kier molecular flexibility index (Phi) is 6.54. The van der Waals surface area contributed by atoms with Crippen LogP contribution < -0.4 is 4.80 Å². The highest BCUT2D eigenvalue weighted by molar-refractivity contribution is 7.16. The van der Waals surface area contributed by atoms with Crippen molar-refractivity contribution in [2.45, 2.75) is 19.9 Å². The number of carbonyl (C=O) groups is 2. The van der Waals surface area contributed by atoms with Crippen LogP contribution in [0.3, 0.4) is 0 Å². The van der Waals surface area contributed by atoms with Crippen molar-refractivity contribution in [3.8, 4) is 0 Å². The number of benzene rings is 1. The number of nitrogens with zero attached hydrogens (tertiary/aromatic N) is 2. The maximum absolute atomic E-state index is 12.4. The van der Waals surface area contributed by atoms with Gasteiger partial charge >= 0.3 is 5.97 Å². The SMILES string of the molecule is CCOCCn1c(=NC(=O)Cc2cccs2)sc2cc(C(=O)OC)ccc21. The van der Waals surface area contributed by atoms with Crippen molar-refractivity contribution >= 4 is 44.8 Å². The van der Waals surface area contributed by atoms with Gasteiger partial charge in [0, 0.05) is 18.0 Å². The highest BCUT2D eigenvalue weighted by Gasteiger charge is 2.12. The van der Waals surface area contributed by atoms with Gasteiger partial charge in [0.25, 0.3) is 5.91 Å². The van der Waals surface area contributed by atoms with Gasteiger partial charge in [0.2, 0.25) is 0 Å². The predicted octanol–water partition coefficient (Wildman–Crippen LogP) is 3.26. The second-order valence-electron chi connectivity index (χ2n) is 5.67. The molecule has 0 saturated carbocycles. The van der Waals surface area contributed by atoms with Crippen LogP contribution in [0.1, 0.15) is 22.2 Å². The minimum absolute atomic E-state index is 0.192. The summed E-state index contributed by atoms with van der Waals surface area (Å²) in [5.74, 6) is -0.583. The normalized spacial score (nSPS) is 11.9. The summed E-state index contributed by atoms with van der Waals surface area (Å²) in [5, 5.41) is 1.94. The van der Waals surface area contributed by atoms with E-state index in [9.17, 15) is 9.59 Å². The molecule has 0 aliphatic heterocycles. The van der Waals surface area contributed by atoms with Gasteiger partial charge in [0.15, 0.2) is 4.80 Å². The molecule has 0 N–H and O–H groups in total. The number of esters is 1. The lowest BCUT2D eigenvalue weighted by Gasteiger charge is -2.06. The third-order valence-corrected chi connectivity index (χ3v) is 5.81. The van der Waals surface area contributed by atoms with Crippen LogP contribution in [0.5, 0.6) is 0 Å². The summed E-state index contributed by atoms with van der Waals surface area (Å²) < 4.78 is 13.1. The highest BCUT2D eigenvalue weighted by Crippen LogP contribution is 2.20. The topological polar surface area (TPSA) is 69.9 Å². The van der Waals surface area contributed by atoms with Crippen molar-refractivity contribution in [2.75, 3.05) is 20.3 Å². The average Bonchev–Trinajstić information content (AvgIpc) is 3.28. The van der Waals surface area contributed by atoms with E-state index < -0.39 is 5.97 Å². The zero-order valence-electron chi connectivity index (χ0n) is 15.1. The molecular formula is C19H20N2O4S2. The predicted molar refractivity (Wildman–Crippen MR) is 106 cm³/mol. The fourth-order valence-electron chi connectivity index (χ4n) is 2.63. The number of thiophene rings is 1. The summed E-state index contributed by atoms with van der Waals surface area (Å²) >= 11 is 2.92. The van der Waals surface area contributed by atoms with Crippen LogP contribution in [0, 0.1) is 0 Å². The molecule has 1 amide bonds. The first-order valence-electron chi connectivity index (χ1n) is 8.51. The molecule has 6 nitrogen and oxygen atoms in total. The van der Waals surface area contributed by atoms with Crippen LogP contribution in [0.15, 0.2) is 40.7 Å². The van der Waals surface area contributed by atoms with E-state index in [0.717, 1.165) is 15.1 Å². The lowest BCUT2D eigenvalue weighted by atomic mass is 10.2. The molecule has 0 atom stereocenters. The lowest BCUT2D eigenvalue weighted by molar-refractivity contribution is -0.117. The summed E-state index contributed by atoms with van der Waals surface area (Å²) in [6, 6.07) is 9.19. The van der Waals surface area contributed by atoms with Crippen molar-refractivity contribution < 1.29 is 19.1 Å². The molecule has 0 fully saturated rings. The fraction of sp³-hybridized carbons (Fsp3) is 0.316. The molecule has 0 bridgehead atoms. The largest absolute Gasteiger partial charge is 0.465 e. The quantitative estimate of drug-likeness (QED) is 0.448. The van der Waals surface area contributed by atoms with Gasteiger partial charge in [-0.15, -0.1) is 11.3 Å². The number of hydrogen-bond donors (Lipinski definition) is 0. The molecule has 1 aromatic carbocycles. The first kappa shape index (κ1) is 19.5. The number of ether oxygens (including phenoxy) is 2. The van der Waals surface area contributed by atoms with Gasteiger partial charge in [-0.3, -0.25) is 4.79 Å². The maximum Gasteiger partial charge on any atom is 0.337 e. The van der Waals surface area contributed by atoms with Gasteiger partial charge in [0.1, 0.15) is 0 Å². The first-order valence-corrected chi connectivity index (χ1v) is 10.2. The van der Waals surface area contributed by atoms with E-state index in [1.165, 1.54) is 29.8 Å². The standard InChI is InChI=1S/C19H20N2O4S2/c1-3-25-9-8-21-15-7-6-13(18(23)24-2)11-16(15)27-19(21)20-17(22)12-14-5-4-10-26-14/h4-7,10-11H,3,8-9,12H2,1-2H3. The number of aromatic nitrogens is 1. The van der Waals surface area contributed by atoms with Crippen LogP contribution in [0.2, 0.25) is 0 Å². The van der Waals surface area contributed by atoms with E-state index in [2.05, 4.69) is 4.99 Å². The molecular weight excluding hydrogens is 384 g/mol. The van der Waals surface area contributed by atoms with E-state index in [-0.39, 0.29) is 12.3 Å². The minimum atomic E-state index is -0.390. The van der Waals surface area contributed by atoms with Crippen molar-refractivity contribution in [3.05, 3.63) is 51.0 Å². The average molecular weight is 405 g/mol. The highest BCUT2D eigenvalue weighted by atomic mass is 32.1. The molecule has 0 unspecified atom stereocenters. The molecule has 0 spiro atoms. The van der Waals surface area contributed by atoms with E-state index in [0.29, 0.717) is 30.1 Å². The van der Waals surface area contributed by atoms with Crippen LogP contribution >= 0.6 is 22.7 Å². The van der Waals surface area contributed by atoms with Gasteiger partial charge in [-0.2, -0.15) is 4.99 Å². The second kappa shape index (κ2) is 9.07. The molecule has 142 valence electrons. The summed E-state index contributed by atoms with van der Waals surface area (Å²) in [4.78, 5) is 30.1. The molecule has 8 heteroatoms. The van der Waals surface area contributed by atoms with E-state index in [1.54, 1.807) is 12.1 Å². The number of rotatable bonds is 7. The molecule has 0 radical (unpaired) electrons. The minimum Gasteiger partial charge on any atom is -0.465 e. The van der Waals surface area contributed by atoms with E-state index >= 15 is 0 Å². The van der Waals surface area contributed by atoms with Gasteiger partial charge in [-0.25, -0.2) is 4.79 Å². The van der Waals surface area contributed by atoms with Crippen molar-refractivity contribution in [1.29, 1.82) is 0 Å². The van der Waals surface area contributed by atoms with E-state index in [4.69, 9.17) is 9.47 Å². The van der Waals surface area contributed by atoms with Crippen molar-refractivity contribution in [2.24, 2.45) is 4.99 Å². The second-order valence-corrected chi connectivity index (χ2v) is 7.71. The van der Waals surface area contributed by atoms with E-state index in [1.807, 2.05) is 35.1 Å². The molecule has 3 aromatic rings. The first-order chi connectivity index (χ1) is 13.1. The van der Waals surface area contributed by atoms with Gasteiger partial charge < -0.3 is 14.0 Å². The number of methoxy groups -OCH3 is 1. The zero-order chi connectivity index (χ0) is 19.2. The zero-order valence-corrected chi connectivity index (χ0v) is 16.8. The maximum atomic E-state index is 12.4. The number of carbonyl (C=O) groups excluding carboxylic acids is 2. The third-order valence-electron chi connectivity index (χ3n) is 3.89.